The Morgan fingerprint density at radius 2 is 2.00 bits per heavy atom. The van der Waals surface area contributed by atoms with E-state index in [9.17, 15) is 26.7 Å². The van der Waals surface area contributed by atoms with Crippen molar-refractivity contribution in [3.63, 3.8) is 0 Å². The van der Waals surface area contributed by atoms with Crippen LogP contribution >= 0.6 is 0 Å². The number of nitrogens with zero attached hydrogens (tertiary/aromatic N) is 1. The van der Waals surface area contributed by atoms with Crippen molar-refractivity contribution >= 4 is 9.84 Å². The largest absolute Gasteiger partial charge is 0.457 e. The number of aliphatic hydroxyl groups excluding tert-OH is 1. The Morgan fingerprint density at radius 1 is 1.27 bits per heavy atom. The third-order valence-electron chi connectivity index (χ3n) is 3.88. The summed E-state index contributed by atoms with van der Waals surface area (Å²) in [5.74, 6) is -1.57. The lowest BCUT2D eigenvalue weighted by molar-refractivity contribution is 0.0454. The predicted octanol–water partition coefficient (Wildman–Crippen LogP) is 3.29. The zero-order chi connectivity index (χ0) is 21.7. The number of hydrogen-bond acceptors (Lipinski definition) is 5. The number of hydrogen-bond donors (Lipinski definition) is 1. The van der Waals surface area contributed by atoms with Crippen LogP contribution in [0.5, 0.6) is 11.5 Å². The molecule has 0 saturated carbocycles. The smallest absolute Gasteiger partial charge is 0.175 e. The summed E-state index contributed by atoms with van der Waals surface area (Å²) in [4.78, 5) is -0.952. The summed E-state index contributed by atoms with van der Waals surface area (Å²) in [6.45, 7) is 0. The number of ether oxygens (including phenoxy) is 1. The van der Waals surface area contributed by atoms with Gasteiger partial charge in [0, 0.05) is 27.5 Å². The van der Waals surface area contributed by atoms with Crippen LogP contribution in [-0.2, 0) is 9.84 Å². The van der Waals surface area contributed by atoms with E-state index >= 15 is 0 Å². The van der Waals surface area contributed by atoms with Crippen molar-refractivity contribution < 1.29 is 35.5 Å². The first-order valence-electron chi connectivity index (χ1n) is 8.64. The number of alkyl halides is 2. The van der Waals surface area contributed by atoms with Gasteiger partial charge in [-0.2, -0.15) is 5.26 Å². The number of nitriles is 1. The normalized spacial score (nSPS) is 24.1. The van der Waals surface area contributed by atoms with Crippen LogP contribution in [0.15, 0.2) is 35.2 Å². The number of sulfone groups is 1. The summed E-state index contributed by atoms with van der Waals surface area (Å²) in [5, 5.41) is 18.9. The van der Waals surface area contributed by atoms with Crippen molar-refractivity contribution in [2.45, 2.75) is 23.3 Å². The first-order chi connectivity index (χ1) is 13.4. The van der Waals surface area contributed by atoms with E-state index in [4.69, 9.17) is 14.1 Å². The molecule has 26 heavy (non-hydrogen) atoms. The maximum absolute atomic E-state index is 14.5. The van der Waals surface area contributed by atoms with Gasteiger partial charge < -0.3 is 9.84 Å². The van der Waals surface area contributed by atoms with Crippen LogP contribution in [-0.4, -0.2) is 25.9 Å². The summed E-state index contributed by atoms with van der Waals surface area (Å²) >= 11 is 0. The van der Waals surface area contributed by atoms with Gasteiger partial charge in [0.05, 0.1) is 16.5 Å². The highest BCUT2D eigenvalue weighted by molar-refractivity contribution is 7.90. The van der Waals surface area contributed by atoms with Gasteiger partial charge in [-0.15, -0.1) is 0 Å². The van der Waals surface area contributed by atoms with Crippen molar-refractivity contribution in [1.82, 2.24) is 0 Å². The summed E-state index contributed by atoms with van der Waals surface area (Å²) in [5.41, 5.74) is -1.59. The number of fused-ring (bicyclic) bond motifs is 1. The second-order valence-corrected chi connectivity index (χ2v) is 7.02. The molecule has 0 unspecified atom stereocenters. The van der Waals surface area contributed by atoms with Gasteiger partial charge >= 0.3 is 0 Å². The van der Waals surface area contributed by atoms with Crippen molar-refractivity contribution in [2.75, 3.05) is 6.18 Å². The molecule has 0 bridgehead atoms. The second kappa shape index (κ2) is 6.30. The van der Waals surface area contributed by atoms with Gasteiger partial charge in [-0.05, 0) is 24.3 Å². The molecule has 2 aromatic rings. The van der Waals surface area contributed by atoms with Crippen molar-refractivity contribution in [3.8, 4) is 17.6 Å². The van der Waals surface area contributed by atoms with E-state index in [1.807, 2.05) is 0 Å². The van der Waals surface area contributed by atoms with Crippen LogP contribution in [0, 0.1) is 17.1 Å². The third-order valence-corrected chi connectivity index (χ3v) is 4.81. The molecule has 0 aliphatic heterocycles. The number of halogens is 3. The van der Waals surface area contributed by atoms with Gasteiger partial charge in [0.1, 0.15) is 23.4 Å². The maximum atomic E-state index is 14.5. The molecule has 0 amide bonds. The van der Waals surface area contributed by atoms with Crippen LogP contribution < -0.4 is 4.74 Å². The highest BCUT2D eigenvalue weighted by atomic mass is 32.2. The second-order valence-electron chi connectivity index (χ2n) is 5.57. The fourth-order valence-corrected chi connectivity index (χ4v) is 3.57. The minimum Gasteiger partial charge on any atom is -0.457 e. The van der Waals surface area contributed by atoms with E-state index in [-0.39, 0.29) is 11.3 Å². The van der Waals surface area contributed by atoms with Gasteiger partial charge in [-0.25, -0.2) is 21.6 Å². The lowest BCUT2D eigenvalue weighted by Crippen LogP contribution is -2.11. The molecular formula is C17H12F3NO4S. The average molecular weight is 386 g/mol. The lowest BCUT2D eigenvalue weighted by Gasteiger charge is -2.15. The van der Waals surface area contributed by atoms with Crippen molar-refractivity contribution in [3.05, 3.63) is 52.8 Å². The maximum Gasteiger partial charge on any atom is 0.175 e. The van der Waals surface area contributed by atoms with Crippen LogP contribution in [0.4, 0.5) is 13.2 Å². The molecule has 1 aliphatic rings. The van der Waals surface area contributed by atoms with E-state index < -0.39 is 62.1 Å². The Balaban J connectivity index is 2.21. The predicted molar refractivity (Wildman–Crippen MR) is 84.4 cm³/mol. The van der Waals surface area contributed by atoms with Crippen LogP contribution in [0.25, 0.3) is 0 Å². The summed E-state index contributed by atoms with van der Waals surface area (Å²) in [6, 6.07) is 6.17. The monoisotopic (exact) mass is 386 g/mol. The number of aliphatic hydroxyl groups is 1. The Kier molecular flexibility index (Phi) is 3.53. The van der Waals surface area contributed by atoms with E-state index in [1.165, 1.54) is 0 Å². The SMILES string of the molecule is [2H]C([2H])([2H])S(=O)(=O)c1ccc(Oc2cc(F)cc(C#N)c2)c2c1[C@H](O)[C@H](F)[C@@H]2F. The average Bonchev–Trinajstić information content (AvgIpc) is 2.85. The highest BCUT2D eigenvalue weighted by Crippen LogP contribution is 2.50. The molecule has 3 rings (SSSR count). The van der Waals surface area contributed by atoms with Crippen molar-refractivity contribution in [2.24, 2.45) is 0 Å². The lowest BCUT2D eigenvalue weighted by atomic mass is 10.1. The highest BCUT2D eigenvalue weighted by Gasteiger charge is 2.45. The van der Waals surface area contributed by atoms with Gasteiger partial charge in [-0.3, -0.25) is 0 Å². The van der Waals surface area contributed by atoms with Gasteiger partial charge in [0.15, 0.2) is 22.2 Å². The van der Waals surface area contributed by atoms with E-state index in [0.29, 0.717) is 0 Å². The molecule has 3 atom stereocenters. The molecule has 0 saturated heterocycles. The fraction of sp³-hybridized carbons (Fsp3) is 0.235. The summed E-state index contributed by atoms with van der Waals surface area (Å²) in [7, 11) is -5.04. The van der Waals surface area contributed by atoms with E-state index in [0.717, 1.165) is 30.3 Å². The minimum absolute atomic E-state index is 0.126. The van der Waals surface area contributed by atoms with E-state index in [1.54, 1.807) is 6.07 Å². The Bertz CT molecular complexity index is 1130. The topological polar surface area (TPSA) is 87.4 Å². The molecule has 136 valence electrons. The Labute approximate surface area is 151 Å². The quantitative estimate of drug-likeness (QED) is 0.875. The van der Waals surface area contributed by atoms with Crippen LogP contribution in [0.3, 0.4) is 0 Å². The van der Waals surface area contributed by atoms with E-state index in [2.05, 4.69) is 0 Å². The van der Waals surface area contributed by atoms with Crippen LogP contribution in [0.1, 0.15) is 33.1 Å². The zero-order valence-electron chi connectivity index (χ0n) is 15.8. The molecular weight excluding hydrogens is 371 g/mol. The molecule has 1 N–H and O–H groups in total. The zero-order valence-corrected chi connectivity index (χ0v) is 13.6. The molecule has 5 nitrogen and oxygen atoms in total. The molecule has 0 aromatic heterocycles. The standard InChI is InChI=1S/C17H12F3NO4S/c1-26(23,24)12-3-2-11(13-14(12)17(22)16(20)15(13)19)25-10-5-8(7-21)4-9(18)6-10/h2-6,15-17,22H,1H3/t15-,16-,17+/m1/s1/i1D3. The molecule has 0 heterocycles. The Hall–Kier alpha value is -2.57. The van der Waals surface area contributed by atoms with Crippen molar-refractivity contribution in [1.29, 1.82) is 5.26 Å². The molecule has 9 heteroatoms. The molecule has 0 fully saturated rings. The third kappa shape index (κ3) is 3.02. The molecule has 0 spiro atoms. The van der Waals surface area contributed by atoms with Crippen LogP contribution in [0.2, 0.25) is 0 Å². The number of rotatable bonds is 3. The Morgan fingerprint density at radius 3 is 2.65 bits per heavy atom. The molecule has 2 aromatic carbocycles. The first-order valence-corrected chi connectivity index (χ1v) is 8.63. The first kappa shape index (κ1) is 14.6. The fourth-order valence-electron chi connectivity index (χ4n) is 2.80. The molecule has 0 radical (unpaired) electrons. The summed E-state index contributed by atoms with van der Waals surface area (Å²) in [6.07, 6.45) is -10.9. The minimum atomic E-state index is -5.04. The summed E-state index contributed by atoms with van der Waals surface area (Å²) < 4.78 is 93.8. The van der Waals surface area contributed by atoms with Gasteiger partial charge in [0.25, 0.3) is 0 Å². The van der Waals surface area contributed by atoms with Gasteiger partial charge in [-0.1, -0.05) is 0 Å². The van der Waals surface area contributed by atoms with Gasteiger partial charge in [0.2, 0.25) is 0 Å². The number of benzene rings is 2. The molecule has 1 aliphatic carbocycles.